The molecule has 0 N–H and O–H groups in total. The van der Waals surface area contributed by atoms with Crippen molar-refractivity contribution in [2.45, 2.75) is 26.2 Å². The zero-order valence-electron chi connectivity index (χ0n) is 11.6. The van der Waals surface area contributed by atoms with Crippen molar-refractivity contribution in [1.82, 2.24) is 14.7 Å². The Balaban J connectivity index is 2.01. The van der Waals surface area contributed by atoms with Gasteiger partial charge in [-0.05, 0) is 39.9 Å². The summed E-state index contributed by atoms with van der Waals surface area (Å²) in [7, 11) is 0. The van der Waals surface area contributed by atoms with Crippen molar-refractivity contribution in [3.8, 4) is 5.75 Å². The molecule has 7 heteroatoms. The van der Waals surface area contributed by atoms with E-state index in [1.807, 2.05) is 6.07 Å². The van der Waals surface area contributed by atoms with Crippen molar-refractivity contribution in [2.75, 3.05) is 6.61 Å². The van der Waals surface area contributed by atoms with Gasteiger partial charge in [0.15, 0.2) is 0 Å². The first-order valence-electron chi connectivity index (χ1n) is 6.90. The average molecular weight is 398 g/mol. The Labute approximate surface area is 135 Å². The lowest BCUT2D eigenvalue weighted by Crippen LogP contribution is -2.33. The molecule has 0 saturated heterocycles. The van der Waals surface area contributed by atoms with Crippen LogP contribution in [0.2, 0.25) is 0 Å². The van der Waals surface area contributed by atoms with Crippen molar-refractivity contribution in [3.63, 3.8) is 0 Å². The Bertz CT molecular complexity index is 787. The van der Waals surface area contributed by atoms with Crippen LogP contribution in [-0.2, 0) is 0 Å². The highest BCUT2D eigenvalue weighted by molar-refractivity contribution is 14.1. The molecule has 0 aliphatic rings. The highest BCUT2D eigenvalue weighted by Crippen LogP contribution is 2.20. The van der Waals surface area contributed by atoms with Crippen LogP contribution in [0.5, 0.6) is 5.75 Å². The Hall–Kier alpha value is -1.64. The number of benzene rings is 1. The number of halogens is 1. The van der Waals surface area contributed by atoms with Crippen molar-refractivity contribution in [2.24, 2.45) is 0 Å². The van der Waals surface area contributed by atoms with Gasteiger partial charge in [-0.3, -0.25) is 0 Å². The summed E-state index contributed by atoms with van der Waals surface area (Å²) < 4.78 is 8.25. The Kier molecular flexibility index (Phi) is 4.09. The largest absolute Gasteiger partial charge is 0.594 e. The number of rotatable bonds is 5. The zero-order chi connectivity index (χ0) is 14.8. The monoisotopic (exact) mass is 398 g/mol. The van der Waals surface area contributed by atoms with Gasteiger partial charge < -0.3 is 9.94 Å². The summed E-state index contributed by atoms with van der Waals surface area (Å²) in [5, 5.41) is 20.2. The Morgan fingerprint density at radius 1 is 1.38 bits per heavy atom. The summed E-state index contributed by atoms with van der Waals surface area (Å²) in [4.78, 5) is 0.634. The van der Waals surface area contributed by atoms with Crippen molar-refractivity contribution in [3.05, 3.63) is 33.2 Å². The molecule has 3 rings (SSSR count). The van der Waals surface area contributed by atoms with E-state index >= 15 is 0 Å². The summed E-state index contributed by atoms with van der Waals surface area (Å²) in [6.07, 6.45) is 5.04. The number of ether oxygens (including phenoxy) is 1. The molecule has 0 saturated carbocycles. The Morgan fingerprint density at radius 2 is 2.24 bits per heavy atom. The first kappa shape index (κ1) is 14.3. The maximum atomic E-state index is 12.0. The van der Waals surface area contributed by atoms with Crippen LogP contribution in [-0.4, -0.2) is 21.3 Å². The van der Waals surface area contributed by atoms with Gasteiger partial charge in [-0.25, -0.2) is 4.52 Å². The van der Waals surface area contributed by atoms with Crippen molar-refractivity contribution in [1.29, 1.82) is 0 Å². The number of aromatic nitrogens is 4. The van der Waals surface area contributed by atoms with Crippen molar-refractivity contribution < 1.29 is 9.58 Å². The molecule has 0 spiro atoms. The first-order valence-corrected chi connectivity index (χ1v) is 7.98. The molecule has 21 heavy (non-hydrogen) atoms. The fourth-order valence-corrected chi connectivity index (χ4v) is 2.66. The molecule has 110 valence electrons. The highest BCUT2D eigenvalue weighted by atomic mass is 127. The molecule has 0 amide bonds. The van der Waals surface area contributed by atoms with Gasteiger partial charge in [0.25, 0.3) is 5.52 Å². The smallest absolute Gasteiger partial charge is 0.270 e. The number of hydrogen-bond acceptors (Lipinski definition) is 4. The van der Waals surface area contributed by atoms with Gasteiger partial charge in [-0.2, -0.15) is 5.10 Å². The van der Waals surface area contributed by atoms with E-state index in [9.17, 15) is 5.21 Å². The number of hydrogen-bond donors (Lipinski definition) is 0. The molecule has 3 aromatic rings. The zero-order valence-corrected chi connectivity index (χ0v) is 13.8. The van der Waals surface area contributed by atoms with E-state index in [1.165, 1.54) is 0 Å². The first-order chi connectivity index (χ1) is 10.2. The second kappa shape index (κ2) is 6.00. The van der Waals surface area contributed by atoms with Gasteiger partial charge in [0.1, 0.15) is 11.3 Å². The molecule has 0 atom stereocenters. The van der Waals surface area contributed by atoms with E-state index in [0.29, 0.717) is 28.1 Å². The van der Waals surface area contributed by atoms with Crippen LogP contribution in [0.25, 0.3) is 16.7 Å². The third-order valence-electron chi connectivity index (χ3n) is 3.28. The van der Waals surface area contributed by atoms with E-state index in [1.54, 1.807) is 22.8 Å². The maximum absolute atomic E-state index is 12.0. The standard InChI is InChI=1S/C14H15IN4O2/c1-2-3-4-7-21-10-5-6-12-13(8-10)18-14(17-19(12)20)11(15)9-16-18/h5-6,8-9H,2-4,7H2,1H3. The topological polar surface area (TPSA) is 66.4 Å². The normalized spacial score (nSPS) is 11.3. The fourth-order valence-electron chi connectivity index (χ4n) is 2.19. The van der Waals surface area contributed by atoms with E-state index in [2.05, 4.69) is 39.7 Å². The average Bonchev–Trinajstić information content (AvgIpc) is 2.85. The van der Waals surface area contributed by atoms with Crippen LogP contribution in [0.1, 0.15) is 26.2 Å². The van der Waals surface area contributed by atoms with Crippen LogP contribution in [0.15, 0.2) is 24.4 Å². The van der Waals surface area contributed by atoms with Crippen LogP contribution in [0.4, 0.5) is 0 Å². The minimum Gasteiger partial charge on any atom is -0.594 e. The third-order valence-corrected chi connectivity index (χ3v) is 4.05. The van der Waals surface area contributed by atoms with Gasteiger partial charge in [-0.1, -0.05) is 19.8 Å². The summed E-state index contributed by atoms with van der Waals surface area (Å²) in [6, 6.07) is 5.36. The summed E-state index contributed by atoms with van der Waals surface area (Å²) in [5.41, 5.74) is 1.73. The number of unbranched alkanes of at least 4 members (excludes halogenated alkanes) is 2. The quantitative estimate of drug-likeness (QED) is 0.287. The van der Waals surface area contributed by atoms with Crippen LogP contribution in [0.3, 0.4) is 0 Å². The van der Waals surface area contributed by atoms with Crippen molar-refractivity contribution >= 4 is 39.3 Å². The van der Waals surface area contributed by atoms with Gasteiger partial charge in [0.2, 0.25) is 5.65 Å². The summed E-state index contributed by atoms with van der Waals surface area (Å²) in [5.74, 6) is 0.747. The molecule has 0 unspecified atom stereocenters. The van der Waals surface area contributed by atoms with Crippen LogP contribution < -0.4 is 9.58 Å². The molecule has 0 bridgehead atoms. The van der Waals surface area contributed by atoms with Gasteiger partial charge in [0, 0.05) is 17.2 Å². The van der Waals surface area contributed by atoms with Gasteiger partial charge in [-0.15, -0.1) is 0 Å². The van der Waals surface area contributed by atoms with Crippen LogP contribution >= 0.6 is 22.6 Å². The maximum Gasteiger partial charge on any atom is 0.270 e. The van der Waals surface area contributed by atoms with E-state index < -0.39 is 0 Å². The number of nitrogens with zero attached hydrogens (tertiary/aromatic N) is 4. The molecule has 0 radical (unpaired) electrons. The Morgan fingerprint density at radius 3 is 3.05 bits per heavy atom. The summed E-state index contributed by atoms with van der Waals surface area (Å²) >= 11 is 2.11. The minimum atomic E-state index is 0.475. The van der Waals surface area contributed by atoms with E-state index in [-0.39, 0.29) is 0 Å². The molecule has 0 aliphatic heterocycles. The SMILES string of the molecule is CCCCCOc1ccc2c(c1)n1ncc(I)c1n[n+]2[O-]. The second-order valence-electron chi connectivity index (χ2n) is 4.81. The van der Waals surface area contributed by atoms with E-state index in [4.69, 9.17) is 4.74 Å². The predicted octanol–water partition coefficient (Wildman–Crippen LogP) is 2.69. The second-order valence-corrected chi connectivity index (χ2v) is 5.97. The lowest BCUT2D eigenvalue weighted by molar-refractivity contribution is -0.640. The summed E-state index contributed by atoms with van der Waals surface area (Å²) in [6.45, 7) is 2.84. The lowest BCUT2D eigenvalue weighted by Gasteiger charge is -2.07. The number of fused-ring (bicyclic) bond motifs is 3. The van der Waals surface area contributed by atoms with Gasteiger partial charge in [0.05, 0.1) is 16.4 Å². The van der Waals surface area contributed by atoms with E-state index in [0.717, 1.165) is 28.6 Å². The molecule has 6 nitrogen and oxygen atoms in total. The molecule has 1 aromatic carbocycles. The molecular formula is C14H15IN4O2. The highest BCUT2D eigenvalue weighted by Gasteiger charge is 2.15. The molecule has 0 fully saturated rings. The van der Waals surface area contributed by atoms with Gasteiger partial charge >= 0.3 is 0 Å². The molecule has 0 aliphatic carbocycles. The fraction of sp³-hybridized carbons (Fsp3) is 0.357. The molecule has 2 aromatic heterocycles. The minimum absolute atomic E-state index is 0.475. The molecule has 2 heterocycles. The lowest BCUT2D eigenvalue weighted by atomic mass is 10.2. The third kappa shape index (κ3) is 2.74. The molecular weight excluding hydrogens is 383 g/mol. The van der Waals surface area contributed by atoms with Crippen LogP contribution in [0, 0.1) is 8.78 Å². The predicted molar refractivity (Wildman–Crippen MR) is 87.2 cm³/mol.